The van der Waals surface area contributed by atoms with Gasteiger partial charge >= 0.3 is 5.97 Å². The van der Waals surface area contributed by atoms with Crippen LogP contribution >= 0.6 is 0 Å². The van der Waals surface area contributed by atoms with Crippen LogP contribution in [0.25, 0.3) is 0 Å². The van der Waals surface area contributed by atoms with E-state index in [-0.39, 0.29) is 12.3 Å². The zero-order valence-electron chi connectivity index (χ0n) is 9.48. The number of hydrogen-bond donors (Lipinski definition) is 3. The lowest BCUT2D eigenvalue weighted by atomic mass is 10.2. The molecular formula is C12H16N2O3. The molecule has 0 fully saturated rings. The van der Waals surface area contributed by atoms with Crippen molar-refractivity contribution in [1.29, 1.82) is 0 Å². The number of aliphatic carboxylic acids is 1. The number of carbonyl (C=O) groups is 2. The second-order valence-electron chi connectivity index (χ2n) is 3.77. The Morgan fingerprint density at radius 1 is 1.12 bits per heavy atom. The molecule has 0 bridgehead atoms. The summed E-state index contributed by atoms with van der Waals surface area (Å²) in [7, 11) is 0. The van der Waals surface area contributed by atoms with E-state index < -0.39 is 5.97 Å². The zero-order valence-corrected chi connectivity index (χ0v) is 9.48. The largest absolute Gasteiger partial charge is 0.481 e. The lowest BCUT2D eigenvalue weighted by Gasteiger charge is -2.04. The number of carboxylic acid groups (broad SMARTS) is 1. The van der Waals surface area contributed by atoms with Crippen LogP contribution in [0.4, 0.5) is 11.4 Å². The molecule has 92 valence electrons. The van der Waals surface area contributed by atoms with E-state index in [2.05, 4.69) is 5.32 Å². The van der Waals surface area contributed by atoms with E-state index in [1.165, 1.54) is 0 Å². The highest BCUT2D eigenvalue weighted by atomic mass is 16.4. The van der Waals surface area contributed by atoms with E-state index in [0.717, 1.165) is 0 Å². The van der Waals surface area contributed by atoms with Gasteiger partial charge in [-0.25, -0.2) is 0 Å². The van der Waals surface area contributed by atoms with E-state index in [1.807, 2.05) is 0 Å². The standard InChI is InChI=1S/C12H16N2O3/c13-9-5-7-10(8-6-9)14-11(15)3-1-2-4-12(16)17/h5-8H,1-4,13H2,(H,14,15)(H,16,17). The summed E-state index contributed by atoms with van der Waals surface area (Å²) in [4.78, 5) is 21.7. The van der Waals surface area contributed by atoms with Crippen LogP contribution in [0.15, 0.2) is 24.3 Å². The molecule has 1 aromatic rings. The van der Waals surface area contributed by atoms with Gasteiger partial charge in [0.05, 0.1) is 0 Å². The predicted octanol–water partition coefficient (Wildman–Crippen LogP) is 1.85. The average Bonchev–Trinajstić information content (AvgIpc) is 2.27. The van der Waals surface area contributed by atoms with Crippen LogP contribution in [-0.4, -0.2) is 17.0 Å². The number of carboxylic acids is 1. The maximum atomic E-state index is 11.5. The highest BCUT2D eigenvalue weighted by molar-refractivity contribution is 5.90. The number of amides is 1. The van der Waals surface area contributed by atoms with Gasteiger partial charge in [-0.1, -0.05) is 0 Å². The van der Waals surface area contributed by atoms with Crippen molar-refractivity contribution < 1.29 is 14.7 Å². The first-order valence-corrected chi connectivity index (χ1v) is 5.45. The number of nitrogens with two attached hydrogens (primary N) is 1. The molecule has 0 unspecified atom stereocenters. The maximum Gasteiger partial charge on any atom is 0.303 e. The molecule has 0 aliphatic carbocycles. The first kappa shape index (κ1) is 13.0. The molecule has 5 heteroatoms. The third-order valence-electron chi connectivity index (χ3n) is 2.24. The van der Waals surface area contributed by atoms with E-state index >= 15 is 0 Å². The van der Waals surface area contributed by atoms with Gasteiger partial charge in [0, 0.05) is 24.2 Å². The molecule has 0 aliphatic heterocycles. The molecular weight excluding hydrogens is 220 g/mol. The summed E-state index contributed by atoms with van der Waals surface area (Å²) in [6.45, 7) is 0. The first-order chi connectivity index (χ1) is 8.08. The first-order valence-electron chi connectivity index (χ1n) is 5.45. The second-order valence-corrected chi connectivity index (χ2v) is 3.77. The highest BCUT2D eigenvalue weighted by Gasteiger charge is 2.03. The Balaban J connectivity index is 2.25. The molecule has 0 spiro atoms. The third kappa shape index (κ3) is 5.55. The van der Waals surface area contributed by atoms with Crippen LogP contribution in [0.1, 0.15) is 25.7 Å². The van der Waals surface area contributed by atoms with Gasteiger partial charge in [-0.2, -0.15) is 0 Å². The predicted molar refractivity (Wildman–Crippen MR) is 65.6 cm³/mol. The summed E-state index contributed by atoms with van der Waals surface area (Å²) in [6, 6.07) is 6.87. The van der Waals surface area contributed by atoms with Crippen molar-refractivity contribution in [3.8, 4) is 0 Å². The van der Waals surface area contributed by atoms with Crippen molar-refractivity contribution in [2.24, 2.45) is 0 Å². The van der Waals surface area contributed by atoms with Crippen molar-refractivity contribution >= 4 is 23.3 Å². The highest BCUT2D eigenvalue weighted by Crippen LogP contribution is 2.11. The number of nitrogen functional groups attached to an aromatic ring is 1. The molecule has 1 amide bonds. The van der Waals surface area contributed by atoms with Gasteiger partial charge in [-0.05, 0) is 37.1 Å². The zero-order chi connectivity index (χ0) is 12.7. The Morgan fingerprint density at radius 3 is 2.29 bits per heavy atom. The quantitative estimate of drug-likeness (QED) is 0.519. The summed E-state index contributed by atoms with van der Waals surface area (Å²) >= 11 is 0. The van der Waals surface area contributed by atoms with Crippen molar-refractivity contribution in [3.63, 3.8) is 0 Å². The Hall–Kier alpha value is -2.04. The van der Waals surface area contributed by atoms with Gasteiger partial charge in [0.1, 0.15) is 0 Å². The lowest BCUT2D eigenvalue weighted by molar-refractivity contribution is -0.137. The van der Waals surface area contributed by atoms with Crippen LogP contribution in [0.3, 0.4) is 0 Å². The van der Waals surface area contributed by atoms with Crippen molar-refractivity contribution in [2.75, 3.05) is 11.1 Å². The van der Waals surface area contributed by atoms with Crippen molar-refractivity contribution in [2.45, 2.75) is 25.7 Å². The fourth-order valence-electron chi connectivity index (χ4n) is 1.35. The Kier molecular flexibility index (Phi) is 5.00. The van der Waals surface area contributed by atoms with Crippen molar-refractivity contribution in [3.05, 3.63) is 24.3 Å². The number of anilines is 2. The summed E-state index contributed by atoms with van der Waals surface area (Å²) in [5, 5.41) is 11.1. The summed E-state index contributed by atoms with van der Waals surface area (Å²) < 4.78 is 0. The monoisotopic (exact) mass is 236 g/mol. The van der Waals surface area contributed by atoms with Gasteiger partial charge in [-0.3, -0.25) is 9.59 Å². The number of rotatable bonds is 6. The minimum Gasteiger partial charge on any atom is -0.481 e. The molecule has 4 N–H and O–H groups in total. The topological polar surface area (TPSA) is 92.4 Å². The number of benzene rings is 1. The van der Waals surface area contributed by atoms with E-state index in [0.29, 0.717) is 30.6 Å². The molecule has 1 rings (SSSR count). The van der Waals surface area contributed by atoms with Crippen LogP contribution in [0.2, 0.25) is 0 Å². The molecule has 5 nitrogen and oxygen atoms in total. The van der Waals surface area contributed by atoms with Crippen LogP contribution in [-0.2, 0) is 9.59 Å². The normalized spacial score (nSPS) is 9.88. The van der Waals surface area contributed by atoms with Gasteiger partial charge in [0.25, 0.3) is 0 Å². The summed E-state index contributed by atoms with van der Waals surface area (Å²) in [5.41, 5.74) is 6.86. The number of carbonyl (C=O) groups excluding carboxylic acids is 1. The second kappa shape index (κ2) is 6.52. The third-order valence-corrected chi connectivity index (χ3v) is 2.24. The van der Waals surface area contributed by atoms with Gasteiger partial charge in [-0.15, -0.1) is 0 Å². The Morgan fingerprint density at radius 2 is 1.71 bits per heavy atom. The molecule has 0 heterocycles. The number of unbranched alkanes of at least 4 members (excludes halogenated alkanes) is 1. The Bertz CT molecular complexity index is 387. The van der Waals surface area contributed by atoms with Gasteiger partial charge in [0.15, 0.2) is 0 Å². The average molecular weight is 236 g/mol. The smallest absolute Gasteiger partial charge is 0.303 e. The lowest BCUT2D eigenvalue weighted by Crippen LogP contribution is -2.11. The minimum absolute atomic E-state index is 0.106. The molecule has 1 aromatic carbocycles. The maximum absolute atomic E-state index is 11.5. The van der Waals surface area contributed by atoms with Crippen LogP contribution in [0, 0.1) is 0 Å². The van der Waals surface area contributed by atoms with Gasteiger partial charge < -0.3 is 16.2 Å². The SMILES string of the molecule is Nc1ccc(NC(=O)CCCCC(=O)O)cc1. The summed E-state index contributed by atoms with van der Waals surface area (Å²) in [5.74, 6) is -0.941. The fraction of sp³-hybridized carbons (Fsp3) is 0.333. The molecule has 17 heavy (non-hydrogen) atoms. The molecule has 0 aliphatic rings. The van der Waals surface area contributed by atoms with E-state index in [9.17, 15) is 9.59 Å². The van der Waals surface area contributed by atoms with E-state index in [4.69, 9.17) is 10.8 Å². The molecule has 0 saturated carbocycles. The minimum atomic E-state index is -0.830. The van der Waals surface area contributed by atoms with Gasteiger partial charge in [0.2, 0.25) is 5.91 Å². The molecule has 0 atom stereocenters. The molecule has 0 saturated heterocycles. The Labute approximate surface area is 99.6 Å². The van der Waals surface area contributed by atoms with Crippen molar-refractivity contribution in [1.82, 2.24) is 0 Å². The molecule has 0 aromatic heterocycles. The fourth-order valence-corrected chi connectivity index (χ4v) is 1.35. The summed E-state index contributed by atoms with van der Waals surface area (Å²) in [6.07, 6.45) is 1.53. The van der Waals surface area contributed by atoms with Crippen LogP contribution in [0.5, 0.6) is 0 Å². The number of nitrogens with one attached hydrogen (secondary N) is 1. The molecule has 0 radical (unpaired) electrons. The van der Waals surface area contributed by atoms with E-state index in [1.54, 1.807) is 24.3 Å². The number of hydrogen-bond acceptors (Lipinski definition) is 3. The van der Waals surface area contributed by atoms with Crippen LogP contribution < -0.4 is 11.1 Å².